The second kappa shape index (κ2) is 4.34. The SMILES string of the molecule is COc1c(N)cccc1-c1nnnn1C1(C(F)(F)F)CC1. The average Bonchev–Trinajstić information content (AvgIpc) is 3.10. The standard InChI is InChI=1S/C12H12F3N5O/c1-21-9-7(3-2-4-8(9)16)10-17-18-19-20(10)11(5-6-11)12(13,14)15/h2-4H,5-6,16H2,1H3. The lowest BCUT2D eigenvalue weighted by Crippen LogP contribution is -2.36. The summed E-state index contributed by atoms with van der Waals surface area (Å²) >= 11 is 0. The smallest absolute Gasteiger partial charge is 0.413 e. The lowest BCUT2D eigenvalue weighted by atomic mass is 10.1. The molecule has 1 aliphatic rings. The van der Waals surface area contributed by atoms with Crippen LogP contribution < -0.4 is 10.5 Å². The van der Waals surface area contributed by atoms with Crippen LogP contribution in [-0.4, -0.2) is 33.5 Å². The monoisotopic (exact) mass is 299 g/mol. The molecule has 1 saturated carbocycles. The number of nitrogen functional groups attached to an aromatic ring is 1. The van der Waals surface area contributed by atoms with Crippen molar-refractivity contribution in [2.45, 2.75) is 24.6 Å². The lowest BCUT2D eigenvalue weighted by Gasteiger charge is -2.20. The van der Waals surface area contributed by atoms with Gasteiger partial charge in [0.1, 0.15) is 0 Å². The van der Waals surface area contributed by atoms with Crippen LogP contribution in [0.5, 0.6) is 5.75 Å². The quantitative estimate of drug-likeness (QED) is 0.877. The highest BCUT2D eigenvalue weighted by Crippen LogP contribution is 2.56. The second-order valence-electron chi connectivity index (χ2n) is 4.87. The van der Waals surface area contributed by atoms with Crippen molar-refractivity contribution in [2.75, 3.05) is 12.8 Å². The predicted octanol–water partition coefficient (Wildman–Crippen LogP) is 1.98. The third-order valence-corrected chi connectivity index (χ3v) is 3.62. The number of anilines is 1. The Labute approximate surface area is 117 Å². The predicted molar refractivity (Wildman–Crippen MR) is 67.5 cm³/mol. The van der Waals surface area contributed by atoms with Crippen LogP contribution in [0, 0.1) is 0 Å². The second-order valence-corrected chi connectivity index (χ2v) is 4.87. The van der Waals surface area contributed by atoms with Crippen LogP contribution in [0.3, 0.4) is 0 Å². The van der Waals surface area contributed by atoms with Crippen molar-refractivity contribution in [3.63, 3.8) is 0 Å². The molecule has 0 atom stereocenters. The lowest BCUT2D eigenvalue weighted by molar-refractivity contribution is -0.182. The summed E-state index contributed by atoms with van der Waals surface area (Å²) in [5.74, 6) is 0.250. The van der Waals surface area contributed by atoms with Crippen molar-refractivity contribution in [1.82, 2.24) is 20.2 Å². The van der Waals surface area contributed by atoms with Crippen LogP contribution in [0.2, 0.25) is 0 Å². The molecule has 112 valence electrons. The largest absolute Gasteiger partial charge is 0.494 e. The van der Waals surface area contributed by atoms with Crippen LogP contribution in [0.15, 0.2) is 18.2 Å². The number of alkyl halides is 3. The summed E-state index contributed by atoms with van der Waals surface area (Å²) in [4.78, 5) is 0. The van der Waals surface area contributed by atoms with Crippen molar-refractivity contribution in [1.29, 1.82) is 0 Å². The Kier molecular flexibility index (Phi) is 2.82. The number of aromatic nitrogens is 4. The van der Waals surface area contributed by atoms with Gasteiger partial charge < -0.3 is 10.5 Å². The highest BCUT2D eigenvalue weighted by Gasteiger charge is 2.67. The van der Waals surface area contributed by atoms with E-state index >= 15 is 0 Å². The summed E-state index contributed by atoms with van der Waals surface area (Å²) in [6.07, 6.45) is -4.50. The van der Waals surface area contributed by atoms with Gasteiger partial charge in [-0.2, -0.15) is 13.2 Å². The molecule has 3 rings (SSSR count). The van der Waals surface area contributed by atoms with Gasteiger partial charge in [0.25, 0.3) is 0 Å². The van der Waals surface area contributed by atoms with Gasteiger partial charge in [0, 0.05) is 0 Å². The first kappa shape index (κ1) is 13.7. The maximum absolute atomic E-state index is 13.2. The summed E-state index contributed by atoms with van der Waals surface area (Å²) in [6.45, 7) is 0. The van der Waals surface area contributed by atoms with Gasteiger partial charge in [-0.05, 0) is 35.4 Å². The van der Waals surface area contributed by atoms with E-state index in [1.165, 1.54) is 7.11 Å². The molecule has 1 heterocycles. The van der Waals surface area contributed by atoms with E-state index in [4.69, 9.17) is 10.5 Å². The zero-order valence-electron chi connectivity index (χ0n) is 11.1. The molecule has 1 fully saturated rings. The maximum atomic E-state index is 13.2. The Balaban J connectivity index is 2.16. The first-order valence-corrected chi connectivity index (χ1v) is 6.19. The number of tetrazole rings is 1. The molecule has 0 saturated heterocycles. The fraction of sp³-hybridized carbons (Fsp3) is 0.417. The molecule has 21 heavy (non-hydrogen) atoms. The van der Waals surface area contributed by atoms with Crippen LogP contribution in [-0.2, 0) is 5.54 Å². The molecule has 1 aromatic heterocycles. The summed E-state index contributed by atoms with van der Waals surface area (Å²) in [7, 11) is 1.39. The van der Waals surface area contributed by atoms with Crippen molar-refractivity contribution in [2.24, 2.45) is 0 Å². The summed E-state index contributed by atoms with van der Waals surface area (Å²) in [5.41, 5.74) is 4.39. The van der Waals surface area contributed by atoms with Gasteiger partial charge in [-0.25, -0.2) is 4.68 Å². The number of hydrogen-bond donors (Lipinski definition) is 1. The van der Waals surface area contributed by atoms with Crippen LogP contribution in [0.4, 0.5) is 18.9 Å². The zero-order chi connectivity index (χ0) is 15.3. The summed E-state index contributed by atoms with van der Waals surface area (Å²) in [5, 5.41) is 10.6. The average molecular weight is 299 g/mol. The number of ether oxygens (including phenoxy) is 1. The Hall–Kier alpha value is -2.32. The molecule has 1 aliphatic carbocycles. The van der Waals surface area contributed by atoms with Crippen LogP contribution in [0.1, 0.15) is 12.8 Å². The molecule has 0 amide bonds. The van der Waals surface area contributed by atoms with Gasteiger partial charge in [0.2, 0.25) is 0 Å². The van der Waals surface area contributed by atoms with Gasteiger partial charge in [-0.1, -0.05) is 6.07 Å². The minimum atomic E-state index is -4.41. The highest BCUT2D eigenvalue weighted by molar-refractivity contribution is 5.73. The number of halogens is 3. The number of methoxy groups -OCH3 is 1. The minimum Gasteiger partial charge on any atom is -0.494 e. The number of hydrogen-bond acceptors (Lipinski definition) is 5. The fourth-order valence-corrected chi connectivity index (χ4v) is 2.34. The minimum absolute atomic E-state index is 0.00558. The Morgan fingerprint density at radius 1 is 1.33 bits per heavy atom. The first-order valence-electron chi connectivity index (χ1n) is 6.19. The molecule has 0 radical (unpaired) electrons. The Morgan fingerprint density at radius 3 is 2.62 bits per heavy atom. The molecule has 0 unspecified atom stereocenters. The summed E-state index contributed by atoms with van der Waals surface area (Å²) < 4.78 is 45.7. The van der Waals surface area contributed by atoms with E-state index in [1.807, 2.05) is 0 Å². The first-order chi connectivity index (χ1) is 9.90. The highest BCUT2D eigenvalue weighted by atomic mass is 19.4. The molecule has 0 bridgehead atoms. The van der Waals surface area contributed by atoms with Gasteiger partial charge in [0.05, 0.1) is 18.4 Å². The maximum Gasteiger partial charge on any atom is 0.413 e. The van der Waals surface area contributed by atoms with Crippen molar-refractivity contribution >= 4 is 5.69 Å². The van der Waals surface area contributed by atoms with E-state index in [0.717, 1.165) is 4.68 Å². The van der Waals surface area contributed by atoms with Crippen molar-refractivity contribution in [3.05, 3.63) is 18.2 Å². The molecule has 2 aromatic rings. The van der Waals surface area contributed by atoms with Gasteiger partial charge >= 0.3 is 6.18 Å². The van der Waals surface area contributed by atoms with E-state index in [-0.39, 0.29) is 24.4 Å². The molecule has 0 spiro atoms. The normalized spacial score (nSPS) is 16.8. The van der Waals surface area contributed by atoms with E-state index in [0.29, 0.717) is 11.3 Å². The van der Waals surface area contributed by atoms with E-state index in [9.17, 15) is 13.2 Å². The topological polar surface area (TPSA) is 78.8 Å². The van der Waals surface area contributed by atoms with Gasteiger partial charge in [0.15, 0.2) is 17.1 Å². The van der Waals surface area contributed by atoms with E-state index < -0.39 is 11.7 Å². The summed E-state index contributed by atoms with van der Waals surface area (Å²) in [6, 6.07) is 4.77. The molecule has 6 nitrogen and oxygen atoms in total. The van der Waals surface area contributed by atoms with Crippen LogP contribution in [0.25, 0.3) is 11.4 Å². The molecular weight excluding hydrogens is 287 g/mol. The third kappa shape index (κ3) is 1.91. The number of para-hydroxylation sites is 1. The number of rotatable bonds is 3. The van der Waals surface area contributed by atoms with Crippen molar-refractivity contribution < 1.29 is 17.9 Å². The number of benzene rings is 1. The van der Waals surface area contributed by atoms with Crippen LogP contribution >= 0.6 is 0 Å². The fourth-order valence-electron chi connectivity index (χ4n) is 2.34. The van der Waals surface area contributed by atoms with E-state index in [2.05, 4.69) is 15.5 Å². The molecule has 2 N–H and O–H groups in total. The number of nitrogens with two attached hydrogens (primary N) is 1. The molecule has 0 aliphatic heterocycles. The zero-order valence-corrected chi connectivity index (χ0v) is 11.1. The van der Waals surface area contributed by atoms with E-state index in [1.54, 1.807) is 18.2 Å². The number of nitrogens with zero attached hydrogens (tertiary/aromatic N) is 4. The Bertz CT molecular complexity index is 678. The molecule has 1 aromatic carbocycles. The molecular formula is C12H12F3N5O. The van der Waals surface area contributed by atoms with Gasteiger partial charge in [-0.15, -0.1) is 5.10 Å². The molecule has 9 heteroatoms. The van der Waals surface area contributed by atoms with Gasteiger partial charge in [-0.3, -0.25) is 0 Å². The van der Waals surface area contributed by atoms with Crippen molar-refractivity contribution in [3.8, 4) is 17.1 Å². The third-order valence-electron chi connectivity index (χ3n) is 3.62. The Morgan fingerprint density at radius 2 is 2.05 bits per heavy atom.